The average molecular weight is 284 g/mol. The normalized spacial score (nSPS) is 30.1. The van der Waals surface area contributed by atoms with Gasteiger partial charge in [-0.05, 0) is 30.9 Å². The molecule has 1 saturated heterocycles. The summed E-state index contributed by atoms with van der Waals surface area (Å²) in [5.74, 6) is 0. The van der Waals surface area contributed by atoms with Crippen LogP contribution in [-0.2, 0) is 0 Å². The van der Waals surface area contributed by atoms with Gasteiger partial charge >= 0.3 is 0 Å². The minimum atomic E-state index is -0.591. The molecule has 0 saturated carbocycles. The molecule has 0 aromatic heterocycles. The van der Waals surface area contributed by atoms with Gasteiger partial charge in [-0.2, -0.15) is 0 Å². The molecule has 1 N–H and O–H groups in total. The Morgan fingerprint density at radius 1 is 0.850 bits per heavy atom. The first kappa shape index (κ1) is 13.7. The van der Waals surface area contributed by atoms with Gasteiger partial charge in [0.25, 0.3) is 0 Å². The second-order valence-corrected chi connectivity index (χ2v) is 7.25. The highest BCUT2D eigenvalue weighted by Gasteiger charge is 2.37. The molecule has 0 unspecified atom stereocenters. The van der Waals surface area contributed by atoms with Crippen LogP contribution in [0.1, 0.15) is 41.4 Å². The minimum absolute atomic E-state index is 0.366. The molecular weight excluding hydrogens is 264 g/mol. The molecule has 1 heterocycles. The highest BCUT2D eigenvalue weighted by molar-refractivity contribution is 7.99. The molecule has 2 aromatic rings. The number of thioether (sulfide) groups is 1. The van der Waals surface area contributed by atoms with Gasteiger partial charge in [0.1, 0.15) is 0 Å². The largest absolute Gasteiger partial charge is 0.390 e. The highest BCUT2D eigenvalue weighted by atomic mass is 32.2. The summed E-state index contributed by atoms with van der Waals surface area (Å²) in [6, 6.07) is 21.1. The van der Waals surface area contributed by atoms with Crippen molar-refractivity contribution in [2.75, 3.05) is 0 Å². The topological polar surface area (TPSA) is 20.2 Å². The smallest absolute Gasteiger partial charge is 0.0647 e. The van der Waals surface area contributed by atoms with Gasteiger partial charge in [0.15, 0.2) is 0 Å². The SMILES string of the molecule is CC1(O)C[C@@H](c2ccccc2)S[C@H](c2ccccc2)C1. The van der Waals surface area contributed by atoms with Crippen molar-refractivity contribution in [1.29, 1.82) is 0 Å². The van der Waals surface area contributed by atoms with Crippen LogP contribution in [0.3, 0.4) is 0 Å². The molecule has 0 aliphatic carbocycles. The lowest BCUT2D eigenvalue weighted by molar-refractivity contribution is 0.0365. The first-order valence-electron chi connectivity index (χ1n) is 7.12. The summed E-state index contributed by atoms with van der Waals surface area (Å²) < 4.78 is 0. The third-order valence-electron chi connectivity index (χ3n) is 3.92. The standard InChI is InChI=1S/C18H20OS/c1-18(19)12-16(14-8-4-2-5-9-14)20-17(13-18)15-10-6-3-7-11-15/h2-11,16-17,19H,12-13H2,1H3/t16-,17-/m0/s1. The summed E-state index contributed by atoms with van der Waals surface area (Å²) in [6.45, 7) is 1.97. The third-order valence-corrected chi connectivity index (χ3v) is 5.46. The van der Waals surface area contributed by atoms with E-state index in [0.29, 0.717) is 10.5 Å². The molecule has 1 nitrogen and oxygen atoms in total. The van der Waals surface area contributed by atoms with Crippen LogP contribution in [0.25, 0.3) is 0 Å². The Kier molecular flexibility index (Phi) is 3.86. The van der Waals surface area contributed by atoms with Crippen molar-refractivity contribution in [3.63, 3.8) is 0 Å². The van der Waals surface area contributed by atoms with Crippen LogP contribution in [0.15, 0.2) is 60.7 Å². The maximum absolute atomic E-state index is 10.6. The molecule has 2 aromatic carbocycles. The maximum atomic E-state index is 10.6. The lowest BCUT2D eigenvalue weighted by Crippen LogP contribution is -2.32. The second-order valence-electron chi connectivity index (χ2n) is 5.84. The number of hydrogen-bond donors (Lipinski definition) is 1. The Labute approximate surface area is 125 Å². The molecule has 0 bridgehead atoms. The summed E-state index contributed by atoms with van der Waals surface area (Å²) in [4.78, 5) is 0. The number of aliphatic hydroxyl groups is 1. The van der Waals surface area contributed by atoms with Crippen LogP contribution in [0.5, 0.6) is 0 Å². The lowest BCUT2D eigenvalue weighted by atomic mass is 9.89. The van der Waals surface area contributed by atoms with Gasteiger partial charge in [-0.3, -0.25) is 0 Å². The van der Waals surface area contributed by atoms with E-state index < -0.39 is 5.60 Å². The van der Waals surface area contributed by atoms with Gasteiger partial charge in [-0.1, -0.05) is 60.7 Å². The molecule has 1 aliphatic rings. The summed E-state index contributed by atoms with van der Waals surface area (Å²) in [5, 5.41) is 11.4. The number of benzene rings is 2. The predicted octanol–water partition coefficient (Wildman–Crippen LogP) is 4.75. The van der Waals surface area contributed by atoms with Crippen LogP contribution < -0.4 is 0 Å². The molecule has 2 atom stereocenters. The Morgan fingerprint density at radius 3 is 1.65 bits per heavy atom. The van der Waals surface area contributed by atoms with Crippen molar-refractivity contribution in [3.8, 4) is 0 Å². The van der Waals surface area contributed by atoms with Gasteiger partial charge in [0, 0.05) is 10.5 Å². The van der Waals surface area contributed by atoms with Gasteiger partial charge in [-0.15, -0.1) is 11.8 Å². The third kappa shape index (κ3) is 3.08. The van der Waals surface area contributed by atoms with Gasteiger partial charge in [0.05, 0.1) is 5.60 Å². The van der Waals surface area contributed by atoms with Crippen LogP contribution >= 0.6 is 11.8 Å². The zero-order valence-corrected chi connectivity index (χ0v) is 12.5. The molecule has 104 valence electrons. The van der Waals surface area contributed by atoms with Crippen molar-refractivity contribution in [1.82, 2.24) is 0 Å². The summed E-state index contributed by atoms with van der Waals surface area (Å²) in [7, 11) is 0. The average Bonchev–Trinajstić information content (AvgIpc) is 2.47. The first-order valence-corrected chi connectivity index (χ1v) is 8.06. The second kappa shape index (κ2) is 5.63. The van der Waals surface area contributed by atoms with E-state index >= 15 is 0 Å². The van der Waals surface area contributed by atoms with E-state index in [0.717, 1.165) is 12.8 Å². The molecule has 3 rings (SSSR count). The lowest BCUT2D eigenvalue weighted by Gasteiger charge is -2.39. The Morgan fingerprint density at radius 2 is 1.25 bits per heavy atom. The van der Waals surface area contributed by atoms with Gasteiger partial charge in [-0.25, -0.2) is 0 Å². The van der Waals surface area contributed by atoms with E-state index in [-0.39, 0.29) is 0 Å². The minimum Gasteiger partial charge on any atom is -0.390 e. The molecule has 1 fully saturated rings. The van der Waals surface area contributed by atoms with Gasteiger partial charge in [0.2, 0.25) is 0 Å². The van der Waals surface area contributed by atoms with E-state index in [1.54, 1.807) is 0 Å². The van der Waals surface area contributed by atoms with E-state index in [4.69, 9.17) is 0 Å². The molecular formula is C18H20OS. The molecule has 20 heavy (non-hydrogen) atoms. The van der Waals surface area contributed by atoms with Crippen LogP contribution in [0, 0.1) is 0 Å². The van der Waals surface area contributed by atoms with Crippen LogP contribution in [0.2, 0.25) is 0 Å². The fourth-order valence-corrected chi connectivity index (χ4v) is 4.84. The Hall–Kier alpha value is -1.25. The Balaban J connectivity index is 1.87. The van der Waals surface area contributed by atoms with Crippen molar-refractivity contribution in [2.24, 2.45) is 0 Å². The quantitative estimate of drug-likeness (QED) is 0.859. The van der Waals surface area contributed by atoms with Crippen molar-refractivity contribution in [2.45, 2.75) is 35.9 Å². The summed E-state index contributed by atoms with van der Waals surface area (Å²) >= 11 is 1.98. The molecule has 1 aliphatic heterocycles. The van der Waals surface area contributed by atoms with E-state index in [1.165, 1.54) is 11.1 Å². The fourth-order valence-electron chi connectivity index (χ4n) is 2.90. The molecule has 0 amide bonds. The van der Waals surface area contributed by atoms with Crippen molar-refractivity contribution >= 4 is 11.8 Å². The van der Waals surface area contributed by atoms with Gasteiger partial charge < -0.3 is 5.11 Å². The maximum Gasteiger partial charge on any atom is 0.0647 e. The van der Waals surface area contributed by atoms with E-state index in [1.807, 2.05) is 30.8 Å². The fraction of sp³-hybridized carbons (Fsp3) is 0.333. The summed E-state index contributed by atoms with van der Waals surface area (Å²) in [5.41, 5.74) is 2.04. The molecule has 0 spiro atoms. The Bertz CT molecular complexity index is 501. The van der Waals surface area contributed by atoms with Crippen molar-refractivity contribution < 1.29 is 5.11 Å². The summed E-state index contributed by atoms with van der Waals surface area (Å²) in [6.07, 6.45) is 1.65. The monoisotopic (exact) mass is 284 g/mol. The molecule has 2 heteroatoms. The van der Waals surface area contributed by atoms with E-state index in [2.05, 4.69) is 48.5 Å². The highest BCUT2D eigenvalue weighted by Crippen LogP contribution is 2.53. The van der Waals surface area contributed by atoms with Crippen LogP contribution in [-0.4, -0.2) is 10.7 Å². The van der Waals surface area contributed by atoms with Crippen molar-refractivity contribution in [3.05, 3.63) is 71.8 Å². The zero-order chi connectivity index (χ0) is 14.0. The van der Waals surface area contributed by atoms with E-state index in [9.17, 15) is 5.11 Å². The van der Waals surface area contributed by atoms with Crippen LogP contribution in [0.4, 0.5) is 0 Å². The first-order chi connectivity index (χ1) is 9.64. The number of hydrogen-bond acceptors (Lipinski definition) is 2. The molecule has 0 radical (unpaired) electrons. The predicted molar refractivity (Wildman–Crippen MR) is 85.8 cm³/mol. The zero-order valence-electron chi connectivity index (χ0n) is 11.7. The number of rotatable bonds is 2.